The maximum atomic E-state index is 13.9. The highest BCUT2D eigenvalue weighted by molar-refractivity contribution is 6.30. The minimum atomic E-state index is -0.234. The molecule has 2 N–H and O–H groups in total. The highest BCUT2D eigenvalue weighted by Crippen LogP contribution is 2.36. The first-order valence-electron chi connectivity index (χ1n) is 13.2. The minimum Gasteiger partial charge on any atom is -0.508 e. The number of oxazole rings is 1. The Labute approximate surface area is 239 Å². The number of fused-ring (bicyclic) bond motifs is 2. The summed E-state index contributed by atoms with van der Waals surface area (Å²) in [4.78, 5) is 32.8. The second-order valence-corrected chi connectivity index (χ2v) is 10.3. The predicted octanol–water partition coefficient (Wildman–Crippen LogP) is 6.78. The molecule has 1 atom stereocenters. The number of halogens is 1. The number of carbonyl (C=O) groups excluding carboxylic acids is 1. The summed E-state index contributed by atoms with van der Waals surface area (Å²) in [6.07, 6.45) is 3.28. The predicted molar refractivity (Wildman–Crippen MR) is 155 cm³/mol. The van der Waals surface area contributed by atoms with Crippen molar-refractivity contribution < 1.29 is 19.1 Å². The number of phenolic OH excluding ortho intramolecular Hbond substituents is 1. The first-order chi connectivity index (χ1) is 20.0. The van der Waals surface area contributed by atoms with Gasteiger partial charge >= 0.3 is 0 Å². The third kappa shape index (κ3) is 4.44. The van der Waals surface area contributed by atoms with Crippen LogP contribution in [0.15, 0.2) is 77.3 Å². The number of hydrogen-bond acceptors (Lipinski definition) is 7. The number of H-pyrrole nitrogens is 1. The van der Waals surface area contributed by atoms with E-state index in [1.165, 1.54) is 0 Å². The Balaban J connectivity index is 1.20. The number of rotatable bonds is 5. The average molecular weight is 566 g/mol. The van der Waals surface area contributed by atoms with Crippen LogP contribution in [0.4, 0.5) is 0 Å². The molecule has 0 aliphatic carbocycles. The lowest BCUT2D eigenvalue weighted by Gasteiger charge is -2.23. The third-order valence-corrected chi connectivity index (χ3v) is 7.63. The molecule has 1 aliphatic heterocycles. The minimum absolute atomic E-state index is 0.146. The summed E-state index contributed by atoms with van der Waals surface area (Å²) in [6.45, 7) is 0.585. The molecule has 10 heteroatoms. The molecule has 204 valence electrons. The standard InChI is InChI=1S/C31H24ClN5O4/c1-40-25-9-3-7-20-21(25)15-27(32)36-28(20)31(39)37-12-4-8-24(37)29-34-22-11-10-17(14-23(22)35-29)26-16-33-30(41-26)18-5-2-6-19(38)13-18/h2-3,5-7,9-11,13-16,24,38H,4,8,12H2,1H3,(H,34,35). The van der Waals surface area contributed by atoms with Crippen molar-refractivity contribution >= 4 is 39.3 Å². The van der Waals surface area contributed by atoms with E-state index in [0.29, 0.717) is 46.4 Å². The first kappa shape index (κ1) is 25.1. The van der Waals surface area contributed by atoms with Crippen LogP contribution in [0, 0.1) is 0 Å². The Bertz CT molecular complexity index is 1950. The Morgan fingerprint density at radius 3 is 2.80 bits per heavy atom. The van der Waals surface area contributed by atoms with Gasteiger partial charge in [0.2, 0.25) is 5.89 Å². The number of nitrogens with zero attached hydrogens (tertiary/aromatic N) is 4. The zero-order valence-electron chi connectivity index (χ0n) is 22.0. The van der Waals surface area contributed by atoms with Gasteiger partial charge in [-0.3, -0.25) is 4.79 Å². The number of aromatic nitrogens is 4. The lowest BCUT2D eigenvalue weighted by atomic mass is 10.1. The van der Waals surface area contributed by atoms with Crippen LogP contribution in [0.25, 0.3) is 44.6 Å². The van der Waals surface area contributed by atoms with E-state index in [0.717, 1.165) is 34.8 Å². The number of likely N-dealkylation sites (tertiary alicyclic amines) is 1. The number of benzene rings is 3. The molecule has 1 unspecified atom stereocenters. The SMILES string of the molecule is COc1cccc2c(C(=O)N3CCCC3c3nc4ccc(-c5cnc(-c6cccc(O)c6)o5)cc4[nH]3)nc(Cl)cc12. The largest absolute Gasteiger partial charge is 0.508 e. The maximum Gasteiger partial charge on any atom is 0.273 e. The summed E-state index contributed by atoms with van der Waals surface area (Å²) in [5, 5.41) is 11.5. The van der Waals surface area contributed by atoms with Crippen LogP contribution >= 0.6 is 11.6 Å². The lowest BCUT2D eigenvalue weighted by molar-refractivity contribution is 0.0727. The van der Waals surface area contributed by atoms with Gasteiger partial charge in [-0.25, -0.2) is 15.0 Å². The highest BCUT2D eigenvalue weighted by Gasteiger charge is 2.34. The van der Waals surface area contributed by atoms with Gasteiger partial charge < -0.3 is 24.1 Å². The number of hydrogen-bond donors (Lipinski definition) is 2. The fraction of sp³-hybridized carbons (Fsp3) is 0.161. The number of nitrogens with one attached hydrogen (secondary N) is 1. The van der Waals surface area contributed by atoms with Gasteiger partial charge in [0.1, 0.15) is 28.2 Å². The van der Waals surface area contributed by atoms with Crippen LogP contribution in [0.5, 0.6) is 11.5 Å². The van der Waals surface area contributed by atoms with E-state index in [4.69, 9.17) is 25.7 Å². The maximum absolute atomic E-state index is 13.9. The second kappa shape index (κ2) is 9.94. The highest BCUT2D eigenvalue weighted by atomic mass is 35.5. The Morgan fingerprint density at radius 2 is 1.95 bits per heavy atom. The summed E-state index contributed by atoms with van der Waals surface area (Å²) in [6, 6.07) is 19.6. The number of carbonyl (C=O) groups is 1. The van der Waals surface area contributed by atoms with Gasteiger partial charge in [0.05, 0.1) is 30.4 Å². The smallest absolute Gasteiger partial charge is 0.273 e. The van der Waals surface area contributed by atoms with Crippen molar-refractivity contribution in [1.82, 2.24) is 24.8 Å². The van der Waals surface area contributed by atoms with E-state index in [-0.39, 0.29) is 22.9 Å². The van der Waals surface area contributed by atoms with Crippen LogP contribution in [-0.2, 0) is 0 Å². The van der Waals surface area contributed by atoms with Crippen LogP contribution < -0.4 is 4.74 Å². The molecule has 4 heterocycles. The number of aromatic amines is 1. The van der Waals surface area contributed by atoms with E-state index in [2.05, 4.69) is 15.0 Å². The molecule has 0 bridgehead atoms. The fourth-order valence-electron chi connectivity index (χ4n) is 5.51. The van der Waals surface area contributed by atoms with Crippen LogP contribution in [-0.4, -0.2) is 49.5 Å². The molecule has 1 amide bonds. The van der Waals surface area contributed by atoms with Crippen molar-refractivity contribution in [2.45, 2.75) is 18.9 Å². The molecule has 7 rings (SSSR count). The molecule has 6 aromatic rings. The molecule has 1 fully saturated rings. The number of aromatic hydroxyl groups is 1. The van der Waals surface area contributed by atoms with Crippen molar-refractivity contribution in [3.05, 3.63) is 89.6 Å². The fourth-order valence-corrected chi connectivity index (χ4v) is 5.70. The molecule has 0 saturated carbocycles. The summed E-state index contributed by atoms with van der Waals surface area (Å²) in [5.41, 5.74) is 3.42. The topological polar surface area (TPSA) is 117 Å². The van der Waals surface area contributed by atoms with Gasteiger partial charge in [-0.1, -0.05) is 29.8 Å². The van der Waals surface area contributed by atoms with Crippen LogP contribution in [0.1, 0.15) is 35.2 Å². The van der Waals surface area contributed by atoms with Gasteiger partial charge in [0, 0.05) is 28.4 Å². The Hall–Kier alpha value is -4.89. The van der Waals surface area contributed by atoms with E-state index in [1.807, 2.05) is 47.4 Å². The quantitative estimate of drug-likeness (QED) is 0.221. The average Bonchev–Trinajstić information content (AvgIpc) is 3.75. The van der Waals surface area contributed by atoms with Crippen molar-refractivity contribution in [1.29, 1.82) is 0 Å². The molecule has 3 aromatic heterocycles. The number of pyridine rings is 1. The molecule has 0 radical (unpaired) electrons. The Morgan fingerprint density at radius 1 is 1.07 bits per heavy atom. The van der Waals surface area contributed by atoms with Gasteiger partial charge in [-0.2, -0.15) is 0 Å². The zero-order valence-corrected chi connectivity index (χ0v) is 22.7. The number of amides is 1. The number of ether oxygens (including phenoxy) is 1. The van der Waals surface area contributed by atoms with E-state index in [9.17, 15) is 9.90 Å². The van der Waals surface area contributed by atoms with Gasteiger partial charge in [0.25, 0.3) is 5.91 Å². The zero-order chi connectivity index (χ0) is 28.1. The molecule has 3 aromatic carbocycles. The van der Waals surface area contributed by atoms with E-state index < -0.39 is 0 Å². The monoisotopic (exact) mass is 565 g/mol. The molecule has 41 heavy (non-hydrogen) atoms. The second-order valence-electron chi connectivity index (χ2n) is 9.94. The summed E-state index contributed by atoms with van der Waals surface area (Å²) in [5.74, 6) is 2.30. The molecular weight excluding hydrogens is 542 g/mol. The molecular formula is C31H24ClN5O4. The number of methoxy groups -OCH3 is 1. The summed E-state index contributed by atoms with van der Waals surface area (Å²) < 4.78 is 11.5. The van der Waals surface area contributed by atoms with Gasteiger partial charge in [-0.05, 0) is 61.4 Å². The van der Waals surface area contributed by atoms with Crippen molar-refractivity contribution in [2.75, 3.05) is 13.7 Å². The third-order valence-electron chi connectivity index (χ3n) is 7.44. The van der Waals surface area contributed by atoms with E-state index in [1.54, 1.807) is 37.6 Å². The van der Waals surface area contributed by atoms with Crippen LogP contribution in [0.3, 0.4) is 0 Å². The summed E-state index contributed by atoms with van der Waals surface area (Å²) in [7, 11) is 1.59. The van der Waals surface area contributed by atoms with Crippen LogP contribution in [0.2, 0.25) is 5.15 Å². The Kier molecular flexibility index (Phi) is 6.09. The molecule has 1 saturated heterocycles. The number of imidazole rings is 1. The first-order valence-corrected chi connectivity index (χ1v) is 13.6. The van der Waals surface area contributed by atoms with Crippen molar-refractivity contribution in [2.24, 2.45) is 0 Å². The van der Waals surface area contributed by atoms with Gasteiger partial charge in [0.15, 0.2) is 5.76 Å². The van der Waals surface area contributed by atoms with Gasteiger partial charge in [-0.15, -0.1) is 0 Å². The molecule has 0 spiro atoms. The van der Waals surface area contributed by atoms with Crippen molar-refractivity contribution in [3.8, 4) is 34.3 Å². The summed E-state index contributed by atoms with van der Waals surface area (Å²) >= 11 is 6.34. The van der Waals surface area contributed by atoms with Crippen molar-refractivity contribution in [3.63, 3.8) is 0 Å². The lowest BCUT2D eigenvalue weighted by Crippen LogP contribution is -2.32. The normalized spacial score (nSPS) is 15.2. The molecule has 1 aliphatic rings. The molecule has 9 nitrogen and oxygen atoms in total. The number of phenols is 1. The van der Waals surface area contributed by atoms with E-state index >= 15 is 0 Å².